The largest absolute Gasteiger partial charge is 0.391 e. The van der Waals surface area contributed by atoms with Gasteiger partial charge in [0.05, 0.1) is 24.2 Å². The summed E-state index contributed by atoms with van der Waals surface area (Å²) in [5.74, 6) is 0.214. The lowest BCUT2D eigenvalue weighted by Crippen LogP contribution is -2.31. The van der Waals surface area contributed by atoms with Crippen molar-refractivity contribution in [1.82, 2.24) is 20.0 Å². The third-order valence-electron chi connectivity index (χ3n) is 3.72. The molecule has 2 aromatic rings. The Kier molecular flexibility index (Phi) is 3.76. The Morgan fingerprint density at radius 2 is 2.32 bits per heavy atom. The van der Waals surface area contributed by atoms with Gasteiger partial charge in [0.15, 0.2) is 0 Å². The zero-order valence-electron chi connectivity index (χ0n) is 12.0. The number of nitrogens with one attached hydrogen (secondary N) is 1. The molecule has 8 heteroatoms. The molecule has 8 nitrogen and oxygen atoms in total. The molecule has 0 saturated carbocycles. The molecule has 0 aromatic carbocycles. The molecule has 2 aromatic heterocycles. The predicted molar refractivity (Wildman–Crippen MR) is 75.2 cm³/mol. The van der Waals surface area contributed by atoms with Gasteiger partial charge in [0.25, 0.3) is 11.5 Å². The molecule has 1 aliphatic rings. The molecule has 3 heterocycles. The van der Waals surface area contributed by atoms with E-state index in [0.29, 0.717) is 18.7 Å². The van der Waals surface area contributed by atoms with Gasteiger partial charge in [0, 0.05) is 31.5 Å². The Hall–Kier alpha value is -2.48. The smallest absolute Gasteiger partial charge is 0.272 e. The van der Waals surface area contributed by atoms with E-state index in [-0.39, 0.29) is 24.1 Å². The number of H-pyrrole nitrogens is 1. The van der Waals surface area contributed by atoms with E-state index in [2.05, 4.69) is 15.1 Å². The predicted octanol–water partition coefficient (Wildman–Crippen LogP) is -0.258. The number of hydrogen-bond acceptors (Lipinski definition) is 6. The number of β-amino-alcohol motifs (C(OH)–C–C–N with tert-alkyl or cyclic N) is 1. The summed E-state index contributed by atoms with van der Waals surface area (Å²) in [6.45, 7) is 2.43. The van der Waals surface area contributed by atoms with Gasteiger partial charge in [-0.05, 0) is 6.92 Å². The van der Waals surface area contributed by atoms with Gasteiger partial charge in [-0.1, -0.05) is 5.16 Å². The number of hydrogen-bond donors (Lipinski definition) is 2. The minimum absolute atomic E-state index is 0.121. The first-order valence-electron chi connectivity index (χ1n) is 6.97. The monoisotopic (exact) mass is 304 g/mol. The summed E-state index contributed by atoms with van der Waals surface area (Å²) < 4.78 is 5.15. The Balaban J connectivity index is 1.70. The number of amides is 1. The molecule has 0 spiro atoms. The van der Waals surface area contributed by atoms with Crippen molar-refractivity contribution < 1.29 is 14.4 Å². The van der Waals surface area contributed by atoms with Crippen LogP contribution in [0.4, 0.5) is 0 Å². The Bertz CT molecular complexity index is 738. The molecule has 1 saturated heterocycles. The van der Waals surface area contributed by atoms with Gasteiger partial charge < -0.3 is 19.5 Å². The lowest BCUT2D eigenvalue weighted by molar-refractivity contribution is 0.0758. The van der Waals surface area contributed by atoms with E-state index in [4.69, 9.17) is 4.52 Å². The van der Waals surface area contributed by atoms with E-state index in [9.17, 15) is 14.7 Å². The number of carbonyl (C=O) groups excluding carboxylic acids is 1. The highest BCUT2D eigenvalue weighted by molar-refractivity contribution is 5.92. The summed E-state index contributed by atoms with van der Waals surface area (Å²) in [6.07, 6.45) is 2.28. The number of rotatable bonds is 3. The van der Waals surface area contributed by atoms with Gasteiger partial charge in [0.2, 0.25) is 0 Å². The van der Waals surface area contributed by atoms with Crippen molar-refractivity contribution in [2.45, 2.75) is 19.4 Å². The van der Waals surface area contributed by atoms with Crippen LogP contribution in [0.25, 0.3) is 0 Å². The van der Waals surface area contributed by atoms with E-state index in [1.54, 1.807) is 0 Å². The quantitative estimate of drug-likeness (QED) is 0.808. The fraction of sp³-hybridized carbons (Fsp3) is 0.429. The van der Waals surface area contributed by atoms with Crippen LogP contribution in [0, 0.1) is 12.8 Å². The molecule has 0 bridgehead atoms. The lowest BCUT2D eigenvalue weighted by atomic mass is 10.0. The van der Waals surface area contributed by atoms with Crippen LogP contribution in [-0.2, 0) is 6.42 Å². The summed E-state index contributed by atoms with van der Waals surface area (Å²) >= 11 is 0. The first-order chi connectivity index (χ1) is 10.5. The highest BCUT2D eigenvalue weighted by atomic mass is 16.5. The summed E-state index contributed by atoms with van der Waals surface area (Å²) in [5.41, 5.74) is 0.471. The van der Waals surface area contributed by atoms with Crippen molar-refractivity contribution in [3.63, 3.8) is 0 Å². The van der Waals surface area contributed by atoms with Crippen molar-refractivity contribution in [1.29, 1.82) is 0 Å². The summed E-state index contributed by atoms with van der Waals surface area (Å²) in [5, 5.41) is 13.9. The summed E-state index contributed by atoms with van der Waals surface area (Å²) in [6, 6.07) is 1.82. The number of carbonyl (C=O) groups is 1. The maximum atomic E-state index is 12.3. The highest BCUT2D eigenvalue weighted by Gasteiger charge is 2.35. The van der Waals surface area contributed by atoms with Gasteiger partial charge in [-0.3, -0.25) is 14.6 Å². The van der Waals surface area contributed by atoms with Gasteiger partial charge >= 0.3 is 0 Å². The molecule has 1 amide bonds. The van der Waals surface area contributed by atoms with Crippen LogP contribution in [0.3, 0.4) is 0 Å². The molecule has 3 rings (SSSR count). The Labute approximate surface area is 125 Å². The summed E-state index contributed by atoms with van der Waals surface area (Å²) in [4.78, 5) is 31.2. The standard InChI is InChI=1S/C14H16N4O4/c1-8-2-10(22-17-8)3-9-6-18(7-12(9)19)14(21)11-4-15-5-13(20)16-11/h2,4-5,9,12,19H,3,6-7H2,1H3,(H,16,20)/t9-,12+/m1/s1. The van der Waals surface area contributed by atoms with Crippen LogP contribution >= 0.6 is 0 Å². The Morgan fingerprint density at radius 3 is 3.00 bits per heavy atom. The SMILES string of the molecule is Cc1cc(C[C@@H]2CN(C(=O)c3cncc(=O)[nH]3)C[C@@H]2O)on1. The average Bonchev–Trinajstić information content (AvgIpc) is 3.05. The van der Waals surface area contributed by atoms with Gasteiger partial charge in [-0.15, -0.1) is 0 Å². The van der Waals surface area contributed by atoms with Crippen LogP contribution in [-0.4, -0.2) is 50.2 Å². The number of likely N-dealkylation sites (tertiary alicyclic amines) is 1. The number of aromatic amines is 1. The van der Waals surface area contributed by atoms with Crippen molar-refractivity contribution in [2.24, 2.45) is 5.92 Å². The topological polar surface area (TPSA) is 112 Å². The van der Waals surface area contributed by atoms with Crippen LogP contribution in [0.2, 0.25) is 0 Å². The average molecular weight is 304 g/mol. The minimum Gasteiger partial charge on any atom is -0.391 e. The van der Waals surface area contributed by atoms with Crippen LogP contribution in [0.1, 0.15) is 21.9 Å². The molecule has 116 valence electrons. The maximum absolute atomic E-state index is 12.3. The first kappa shape index (κ1) is 14.5. The zero-order valence-corrected chi connectivity index (χ0v) is 12.0. The van der Waals surface area contributed by atoms with Crippen molar-refractivity contribution in [3.8, 4) is 0 Å². The van der Waals surface area contributed by atoms with Crippen molar-refractivity contribution >= 4 is 5.91 Å². The van der Waals surface area contributed by atoms with E-state index < -0.39 is 11.7 Å². The third kappa shape index (κ3) is 2.91. The highest BCUT2D eigenvalue weighted by Crippen LogP contribution is 2.23. The third-order valence-corrected chi connectivity index (χ3v) is 3.72. The normalized spacial score (nSPS) is 21.3. The molecule has 1 fully saturated rings. The molecule has 0 unspecified atom stereocenters. The van der Waals surface area contributed by atoms with Crippen molar-refractivity contribution in [2.75, 3.05) is 13.1 Å². The fourth-order valence-electron chi connectivity index (χ4n) is 2.65. The molecule has 2 N–H and O–H groups in total. The summed E-state index contributed by atoms with van der Waals surface area (Å²) in [7, 11) is 0. The van der Waals surface area contributed by atoms with E-state index >= 15 is 0 Å². The van der Waals surface area contributed by atoms with Crippen LogP contribution in [0.15, 0.2) is 27.8 Å². The second-order valence-electron chi connectivity index (χ2n) is 5.49. The second kappa shape index (κ2) is 5.72. The number of aliphatic hydroxyl groups excluding tert-OH is 1. The van der Waals surface area contributed by atoms with Gasteiger partial charge in [-0.2, -0.15) is 0 Å². The first-order valence-corrected chi connectivity index (χ1v) is 6.97. The maximum Gasteiger partial charge on any atom is 0.272 e. The van der Waals surface area contributed by atoms with Crippen molar-refractivity contribution in [3.05, 3.63) is 46.0 Å². The molecule has 0 radical (unpaired) electrons. The lowest BCUT2D eigenvalue weighted by Gasteiger charge is -2.15. The minimum atomic E-state index is -0.641. The molecular formula is C14H16N4O4. The molecule has 22 heavy (non-hydrogen) atoms. The zero-order chi connectivity index (χ0) is 15.7. The molecule has 1 aliphatic heterocycles. The number of aromatic nitrogens is 3. The van der Waals surface area contributed by atoms with Gasteiger partial charge in [0.1, 0.15) is 11.5 Å². The van der Waals surface area contributed by atoms with E-state index in [0.717, 1.165) is 11.9 Å². The molecular weight excluding hydrogens is 288 g/mol. The van der Waals surface area contributed by atoms with E-state index in [1.807, 2.05) is 13.0 Å². The number of aryl methyl sites for hydroxylation is 1. The van der Waals surface area contributed by atoms with Crippen LogP contribution in [0.5, 0.6) is 0 Å². The molecule has 0 aliphatic carbocycles. The fourth-order valence-corrected chi connectivity index (χ4v) is 2.65. The van der Waals surface area contributed by atoms with E-state index in [1.165, 1.54) is 11.1 Å². The van der Waals surface area contributed by atoms with Crippen LogP contribution < -0.4 is 5.56 Å². The second-order valence-corrected chi connectivity index (χ2v) is 5.49. The number of aliphatic hydroxyl groups is 1. The Morgan fingerprint density at radius 1 is 1.50 bits per heavy atom. The number of nitrogens with zero attached hydrogens (tertiary/aromatic N) is 3. The van der Waals surface area contributed by atoms with Gasteiger partial charge in [-0.25, -0.2) is 0 Å². The molecule has 2 atom stereocenters.